The van der Waals surface area contributed by atoms with Gasteiger partial charge in [0.05, 0.1) is 22.9 Å². The van der Waals surface area contributed by atoms with Gasteiger partial charge in [0.2, 0.25) is 5.91 Å². The smallest absolute Gasteiger partial charge is 0.279 e. The van der Waals surface area contributed by atoms with Gasteiger partial charge in [0.25, 0.3) is 5.91 Å². The van der Waals surface area contributed by atoms with Crippen LogP contribution in [0, 0.1) is 13.8 Å². The fraction of sp³-hybridized carbons (Fsp3) is 0.417. The molecule has 0 bridgehead atoms. The molecule has 0 saturated carbocycles. The molecular formula is C24H28ClN9O2. The van der Waals surface area contributed by atoms with E-state index in [1.54, 1.807) is 6.33 Å². The molecule has 2 aromatic heterocycles. The van der Waals surface area contributed by atoms with Crippen LogP contribution < -0.4 is 16.8 Å². The van der Waals surface area contributed by atoms with Crippen LogP contribution in [0.5, 0.6) is 0 Å². The number of halogens is 1. The third kappa shape index (κ3) is 4.46. The van der Waals surface area contributed by atoms with Crippen molar-refractivity contribution in [1.82, 2.24) is 29.7 Å². The number of nitrogens with two attached hydrogens (primary N) is 2. The number of hydrogen-bond donors (Lipinski definition) is 3. The van der Waals surface area contributed by atoms with Crippen molar-refractivity contribution in [3.05, 3.63) is 40.4 Å². The Hall–Kier alpha value is -3.73. The summed E-state index contributed by atoms with van der Waals surface area (Å²) in [6.07, 6.45) is 4.62. The highest BCUT2D eigenvalue weighted by Gasteiger charge is 2.39. The van der Waals surface area contributed by atoms with E-state index in [4.69, 9.17) is 28.1 Å². The summed E-state index contributed by atoms with van der Waals surface area (Å²) in [4.78, 5) is 44.7. The Morgan fingerprint density at radius 2 is 1.81 bits per heavy atom. The highest BCUT2D eigenvalue weighted by atomic mass is 35.5. The van der Waals surface area contributed by atoms with Crippen molar-refractivity contribution in [2.24, 2.45) is 4.99 Å². The van der Waals surface area contributed by atoms with Gasteiger partial charge in [0.15, 0.2) is 22.5 Å². The van der Waals surface area contributed by atoms with Gasteiger partial charge in [-0.1, -0.05) is 11.6 Å². The third-order valence-electron chi connectivity index (χ3n) is 7.17. The number of likely N-dealkylation sites (tertiary alicyclic amines) is 1. The number of benzene rings is 1. The highest BCUT2D eigenvalue weighted by Crippen LogP contribution is 2.36. The fourth-order valence-electron chi connectivity index (χ4n) is 4.86. The quantitative estimate of drug-likeness (QED) is 0.488. The summed E-state index contributed by atoms with van der Waals surface area (Å²) in [5, 5.41) is 2.70. The van der Waals surface area contributed by atoms with Gasteiger partial charge in [0.1, 0.15) is 12.4 Å². The van der Waals surface area contributed by atoms with Crippen LogP contribution in [-0.4, -0.2) is 60.7 Å². The number of hydrogen-bond acceptors (Lipinski definition) is 8. The van der Waals surface area contributed by atoms with Crippen molar-refractivity contribution in [2.75, 3.05) is 24.6 Å². The predicted molar refractivity (Wildman–Crippen MR) is 138 cm³/mol. The van der Waals surface area contributed by atoms with Gasteiger partial charge >= 0.3 is 0 Å². The number of imidazole rings is 1. The predicted octanol–water partition coefficient (Wildman–Crippen LogP) is 2.24. The van der Waals surface area contributed by atoms with Crippen LogP contribution in [0.4, 0.5) is 11.6 Å². The number of amidine groups is 1. The molecule has 5 N–H and O–H groups in total. The van der Waals surface area contributed by atoms with E-state index in [9.17, 15) is 9.59 Å². The molecule has 36 heavy (non-hydrogen) atoms. The number of fused-ring (bicyclic) bond motifs is 1. The van der Waals surface area contributed by atoms with Crippen LogP contribution in [0.15, 0.2) is 23.5 Å². The number of aliphatic imine (C=N–C) groups is 1. The molecule has 1 aromatic carbocycles. The number of aromatic nitrogens is 4. The molecule has 2 aliphatic heterocycles. The van der Waals surface area contributed by atoms with Crippen LogP contribution in [0.2, 0.25) is 5.15 Å². The summed E-state index contributed by atoms with van der Waals surface area (Å²) >= 11 is 5.89. The van der Waals surface area contributed by atoms with E-state index in [0.717, 1.165) is 30.3 Å². The fourth-order valence-corrected chi connectivity index (χ4v) is 4.98. The lowest BCUT2D eigenvalue weighted by atomic mass is 9.86. The van der Waals surface area contributed by atoms with Gasteiger partial charge in [-0.05, 0) is 56.4 Å². The van der Waals surface area contributed by atoms with Crippen molar-refractivity contribution < 1.29 is 9.59 Å². The lowest BCUT2D eigenvalue weighted by Crippen LogP contribution is -2.46. The first kappa shape index (κ1) is 24.0. The van der Waals surface area contributed by atoms with Crippen molar-refractivity contribution in [3.63, 3.8) is 0 Å². The second-order valence-corrected chi connectivity index (χ2v) is 9.91. The molecule has 2 aliphatic rings. The van der Waals surface area contributed by atoms with Gasteiger partial charge in [-0.15, -0.1) is 0 Å². The van der Waals surface area contributed by atoms with Crippen molar-refractivity contribution in [3.8, 4) is 0 Å². The average Bonchev–Trinajstić information content (AvgIpc) is 3.40. The van der Waals surface area contributed by atoms with Crippen LogP contribution in [0.25, 0.3) is 11.0 Å². The molecule has 11 nitrogen and oxygen atoms in total. The van der Waals surface area contributed by atoms with E-state index in [0.29, 0.717) is 25.3 Å². The molecule has 3 aromatic rings. The second-order valence-electron chi connectivity index (χ2n) is 9.55. The molecule has 1 saturated heterocycles. The topological polar surface area (TPSA) is 157 Å². The second kappa shape index (κ2) is 9.05. The molecule has 0 unspecified atom stereocenters. The number of nitrogens with zero attached hydrogens (tertiary/aromatic N) is 6. The maximum Gasteiger partial charge on any atom is 0.279 e. The number of nitrogens with one attached hydrogen (secondary N) is 1. The number of carbonyl (C=O) groups is 2. The van der Waals surface area contributed by atoms with Gasteiger partial charge < -0.3 is 26.3 Å². The standard InChI is InChI=1S/C24H28ClN9O2/c1-13-9-15-16(10-14(13)2)34(12-28-15)11-18(35)33-7-5-24(6-8-33)4-3-17(32-24)29-23(36)19-21(26)31-22(27)20(25)30-19/h9-10,12H,3-8,11H2,1-2H3,(H4,26,27,31)(H,29,32,36). The average molecular weight is 510 g/mol. The maximum atomic E-state index is 13.1. The number of piperidine rings is 1. The molecule has 2 amide bonds. The molecular weight excluding hydrogens is 482 g/mol. The molecule has 0 radical (unpaired) electrons. The van der Waals surface area contributed by atoms with Crippen LogP contribution in [0.1, 0.15) is 47.3 Å². The Morgan fingerprint density at radius 3 is 2.56 bits per heavy atom. The summed E-state index contributed by atoms with van der Waals surface area (Å²) in [5.41, 5.74) is 15.2. The normalized spacial score (nSPS) is 17.0. The summed E-state index contributed by atoms with van der Waals surface area (Å²) in [6, 6.07) is 4.13. The van der Waals surface area contributed by atoms with Crippen molar-refractivity contribution >= 4 is 51.9 Å². The SMILES string of the molecule is Cc1cc2ncn(CC(=O)N3CCC4(CCC(NC(=O)c5nc(Cl)c(N)nc5N)=N4)CC3)c2cc1C. The Bertz CT molecular complexity index is 1410. The zero-order valence-corrected chi connectivity index (χ0v) is 21.0. The minimum Gasteiger partial charge on any atom is -0.382 e. The minimum atomic E-state index is -0.525. The van der Waals surface area contributed by atoms with Crippen molar-refractivity contribution in [2.45, 2.75) is 51.6 Å². The van der Waals surface area contributed by atoms with Gasteiger partial charge in [-0.3, -0.25) is 14.6 Å². The molecule has 1 spiro atoms. The number of amides is 2. The van der Waals surface area contributed by atoms with Gasteiger partial charge in [-0.2, -0.15) is 0 Å². The molecule has 188 valence electrons. The van der Waals surface area contributed by atoms with Crippen LogP contribution in [-0.2, 0) is 11.3 Å². The van der Waals surface area contributed by atoms with E-state index in [1.807, 2.05) is 15.5 Å². The Morgan fingerprint density at radius 1 is 1.08 bits per heavy atom. The lowest BCUT2D eigenvalue weighted by molar-refractivity contribution is -0.133. The van der Waals surface area contributed by atoms with Gasteiger partial charge in [0, 0.05) is 19.5 Å². The van der Waals surface area contributed by atoms with E-state index < -0.39 is 5.91 Å². The number of anilines is 2. The Balaban J connectivity index is 1.21. The van der Waals surface area contributed by atoms with Crippen LogP contribution >= 0.6 is 11.6 Å². The summed E-state index contributed by atoms with van der Waals surface area (Å²) in [6.45, 7) is 5.59. The number of carbonyl (C=O) groups excluding carboxylic acids is 2. The molecule has 0 atom stereocenters. The third-order valence-corrected chi connectivity index (χ3v) is 7.44. The minimum absolute atomic E-state index is 0.0318. The first-order chi connectivity index (χ1) is 17.1. The van der Waals surface area contributed by atoms with E-state index in [1.165, 1.54) is 11.1 Å². The molecule has 4 heterocycles. The number of nitrogen functional groups attached to an aromatic ring is 2. The van der Waals surface area contributed by atoms with E-state index >= 15 is 0 Å². The highest BCUT2D eigenvalue weighted by molar-refractivity contribution is 6.31. The van der Waals surface area contributed by atoms with Crippen molar-refractivity contribution in [1.29, 1.82) is 0 Å². The van der Waals surface area contributed by atoms with E-state index in [-0.39, 0.29) is 40.5 Å². The number of rotatable bonds is 3. The summed E-state index contributed by atoms with van der Waals surface area (Å²) in [7, 11) is 0. The Labute approximate surface area is 212 Å². The molecule has 12 heteroatoms. The monoisotopic (exact) mass is 509 g/mol. The zero-order valence-electron chi connectivity index (χ0n) is 20.2. The molecule has 5 rings (SSSR count). The molecule has 1 fully saturated rings. The van der Waals surface area contributed by atoms with E-state index in [2.05, 4.69) is 40.2 Å². The Kier molecular flexibility index (Phi) is 6.03. The summed E-state index contributed by atoms with van der Waals surface area (Å²) in [5.74, 6) is -0.0129. The summed E-state index contributed by atoms with van der Waals surface area (Å²) < 4.78 is 1.91. The first-order valence-corrected chi connectivity index (χ1v) is 12.2. The first-order valence-electron chi connectivity index (χ1n) is 11.8. The molecule has 0 aliphatic carbocycles. The largest absolute Gasteiger partial charge is 0.382 e. The maximum absolute atomic E-state index is 13.1. The number of aryl methyl sites for hydroxylation is 2. The zero-order chi connectivity index (χ0) is 25.6. The van der Waals surface area contributed by atoms with Gasteiger partial charge in [-0.25, -0.2) is 15.0 Å². The lowest BCUT2D eigenvalue weighted by Gasteiger charge is -2.37. The van der Waals surface area contributed by atoms with Crippen LogP contribution in [0.3, 0.4) is 0 Å².